The van der Waals surface area contributed by atoms with Crippen LogP contribution >= 0.6 is 7.92 Å². The zero-order valence-electron chi connectivity index (χ0n) is 22.6. The van der Waals surface area contributed by atoms with E-state index in [1.54, 1.807) is 22.0 Å². The van der Waals surface area contributed by atoms with Crippen LogP contribution in [0.5, 0.6) is 0 Å². The van der Waals surface area contributed by atoms with Crippen LogP contribution in [0.2, 0.25) is 0 Å². The predicted molar refractivity (Wildman–Crippen MR) is 153 cm³/mol. The first-order chi connectivity index (χ1) is 16.5. The van der Waals surface area contributed by atoms with Gasteiger partial charge in [-0.25, -0.2) is 0 Å². The number of nitrogens with one attached hydrogen (secondary N) is 1. The third-order valence-electron chi connectivity index (χ3n) is 8.03. The number of hydrogen-bond donors (Lipinski definition) is 1. The molecule has 1 heterocycles. The van der Waals surface area contributed by atoms with Crippen molar-refractivity contribution < 1.29 is 0 Å². The zero-order valence-corrected chi connectivity index (χ0v) is 23.5. The maximum atomic E-state index is 4.64. The van der Waals surface area contributed by atoms with Gasteiger partial charge in [-0.3, -0.25) is 4.98 Å². The maximum Gasteiger partial charge on any atom is 0.0623 e. The quantitative estimate of drug-likeness (QED) is 0.381. The number of aromatic nitrogens is 1. The molecule has 0 fully saturated rings. The summed E-state index contributed by atoms with van der Waals surface area (Å²) in [5.41, 5.74) is 10.2. The largest absolute Gasteiger partial charge is 0.379 e. The van der Waals surface area contributed by atoms with E-state index in [-0.39, 0.29) is 23.6 Å². The summed E-state index contributed by atoms with van der Waals surface area (Å²) in [5, 5.41) is 5.99. The van der Waals surface area contributed by atoms with Crippen molar-refractivity contribution in [2.45, 2.75) is 96.4 Å². The summed E-state index contributed by atoms with van der Waals surface area (Å²) in [7, 11) is -0.360. The van der Waals surface area contributed by atoms with Gasteiger partial charge in [0.1, 0.15) is 0 Å². The zero-order chi connectivity index (χ0) is 25.0. The highest BCUT2D eigenvalue weighted by atomic mass is 31.1. The summed E-state index contributed by atoms with van der Waals surface area (Å²) in [6.07, 6.45) is 6.72. The van der Waals surface area contributed by atoms with Crippen LogP contribution in [0.3, 0.4) is 0 Å². The maximum absolute atomic E-state index is 4.64. The Morgan fingerprint density at radius 2 is 1.46 bits per heavy atom. The van der Waals surface area contributed by atoms with Gasteiger partial charge in [0.05, 0.1) is 12.2 Å². The Bertz CT molecular complexity index is 1230. The SMILES string of the molecule is Cc1cccnc1CNc1cccc2c1[C@]1(CC2)CCc2cccc(P(C(C)(C)C)C(C)(C)C)c21. The summed E-state index contributed by atoms with van der Waals surface area (Å²) in [6.45, 7) is 17.6. The van der Waals surface area contributed by atoms with E-state index in [1.165, 1.54) is 42.5 Å². The first kappa shape index (κ1) is 24.5. The molecule has 2 aliphatic carbocycles. The van der Waals surface area contributed by atoms with E-state index in [2.05, 4.69) is 101 Å². The lowest BCUT2D eigenvalue weighted by molar-refractivity contribution is 0.510. The first-order valence-corrected chi connectivity index (χ1v) is 14.6. The second-order valence-electron chi connectivity index (χ2n) is 12.5. The third-order valence-corrected chi connectivity index (χ3v) is 11.6. The lowest BCUT2D eigenvalue weighted by Crippen LogP contribution is -2.36. The molecule has 184 valence electrons. The second-order valence-corrected chi connectivity index (χ2v) is 16.4. The van der Waals surface area contributed by atoms with Crippen molar-refractivity contribution in [3.63, 3.8) is 0 Å². The van der Waals surface area contributed by atoms with Crippen molar-refractivity contribution in [3.8, 4) is 0 Å². The van der Waals surface area contributed by atoms with E-state index in [0.717, 1.165) is 12.2 Å². The van der Waals surface area contributed by atoms with Crippen LogP contribution in [-0.2, 0) is 24.8 Å². The van der Waals surface area contributed by atoms with Gasteiger partial charge in [0.2, 0.25) is 0 Å². The van der Waals surface area contributed by atoms with Crippen LogP contribution in [0.4, 0.5) is 5.69 Å². The van der Waals surface area contributed by atoms with Crippen molar-refractivity contribution in [3.05, 3.63) is 88.2 Å². The van der Waals surface area contributed by atoms with Gasteiger partial charge in [0.15, 0.2) is 0 Å². The van der Waals surface area contributed by atoms with Crippen LogP contribution < -0.4 is 10.6 Å². The van der Waals surface area contributed by atoms with Crippen LogP contribution in [0.1, 0.15) is 87.9 Å². The van der Waals surface area contributed by atoms with E-state index in [0.29, 0.717) is 0 Å². The predicted octanol–water partition coefficient (Wildman–Crippen LogP) is 7.88. The third kappa shape index (κ3) is 4.23. The number of fused-ring (bicyclic) bond motifs is 4. The molecule has 0 saturated heterocycles. The molecule has 2 nitrogen and oxygen atoms in total. The van der Waals surface area contributed by atoms with Gasteiger partial charge in [-0.2, -0.15) is 0 Å². The Morgan fingerprint density at radius 1 is 0.829 bits per heavy atom. The highest BCUT2D eigenvalue weighted by molar-refractivity contribution is 7.68. The number of pyridine rings is 1. The molecule has 0 unspecified atom stereocenters. The molecule has 0 bridgehead atoms. The molecule has 2 aliphatic rings. The van der Waals surface area contributed by atoms with Crippen molar-refractivity contribution in [2.75, 3.05) is 5.32 Å². The topological polar surface area (TPSA) is 24.9 Å². The molecule has 1 atom stereocenters. The Labute approximate surface area is 213 Å². The van der Waals surface area contributed by atoms with E-state index >= 15 is 0 Å². The number of aryl methyl sites for hydroxylation is 3. The smallest absolute Gasteiger partial charge is 0.0623 e. The molecule has 35 heavy (non-hydrogen) atoms. The van der Waals surface area contributed by atoms with Crippen LogP contribution in [0, 0.1) is 6.92 Å². The summed E-state index contributed by atoms with van der Waals surface area (Å²) >= 11 is 0. The van der Waals surface area contributed by atoms with Gasteiger partial charge in [-0.1, -0.05) is 85.9 Å². The number of nitrogens with zero attached hydrogens (tertiary/aromatic N) is 1. The minimum atomic E-state index is -0.360. The molecule has 0 amide bonds. The number of rotatable bonds is 4. The molecule has 0 saturated carbocycles. The van der Waals surface area contributed by atoms with Crippen molar-refractivity contribution >= 4 is 18.9 Å². The molecule has 1 spiro atoms. The van der Waals surface area contributed by atoms with Crippen LogP contribution in [0.25, 0.3) is 0 Å². The molecule has 0 aliphatic heterocycles. The standard InChI is InChI=1S/C32H41N2P/c1-22-11-10-20-33-26(22)21-34-25-14-8-12-23-16-18-32(28(23)25)19-17-24-13-9-15-27(29(24)32)35(30(2,3)4)31(5,6)7/h8-15,20,34H,16-19,21H2,1-7H3/t32-/m0/s1. The average molecular weight is 485 g/mol. The molecule has 2 aromatic carbocycles. The Hall–Kier alpha value is -2.18. The lowest BCUT2D eigenvalue weighted by atomic mass is 9.76. The first-order valence-electron chi connectivity index (χ1n) is 13.2. The molecule has 1 N–H and O–H groups in total. The minimum absolute atomic E-state index is 0.126. The normalized spacial score (nSPS) is 19.3. The lowest BCUT2D eigenvalue weighted by Gasteiger charge is -2.44. The fraction of sp³-hybridized carbons (Fsp3) is 0.469. The summed E-state index contributed by atoms with van der Waals surface area (Å²) in [5.74, 6) is 0. The van der Waals surface area contributed by atoms with E-state index in [1.807, 2.05) is 12.3 Å². The average Bonchev–Trinajstić information content (AvgIpc) is 3.34. The Morgan fingerprint density at radius 3 is 2.09 bits per heavy atom. The molecule has 5 rings (SSSR count). The van der Waals surface area contributed by atoms with Gasteiger partial charge in [-0.05, 0) is 88.2 Å². The second kappa shape index (κ2) is 8.74. The fourth-order valence-electron chi connectivity index (χ4n) is 7.11. The highest BCUT2D eigenvalue weighted by Crippen LogP contribution is 2.62. The number of benzene rings is 2. The van der Waals surface area contributed by atoms with Crippen molar-refractivity contribution in [1.82, 2.24) is 4.98 Å². The summed E-state index contributed by atoms with van der Waals surface area (Å²) in [6, 6.07) is 18.3. The van der Waals surface area contributed by atoms with E-state index in [4.69, 9.17) is 0 Å². The Kier molecular flexibility index (Phi) is 6.12. The molecular weight excluding hydrogens is 443 g/mol. The number of hydrogen-bond acceptors (Lipinski definition) is 2. The number of anilines is 1. The van der Waals surface area contributed by atoms with E-state index < -0.39 is 0 Å². The highest BCUT2D eigenvalue weighted by Gasteiger charge is 2.49. The van der Waals surface area contributed by atoms with Gasteiger partial charge in [0, 0.05) is 17.3 Å². The van der Waals surface area contributed by atoms with Gasteiger partial charge in [0.25, 0.3) is 0 Å². The van der Waals surface area contributed by atoms with Gasteiger partial charge >= 0.3 is 0 Å². The fourth-order valence-corrected chi connectivity index (χ4v) is 11.4. The van der Waals surface area contributed by atoms with Gasteiger partial charge < -0.3 is 5.32 Å². The van der Waals surface area contributed by atoms with Crippen molar-refractivity contribution in [2.24, 2.45) is 0 Å². The van der Waals surface area contributed by atoms with Gasteiger partial charge in [-0.15, -0.1) is 0 Å². The summed E-state index contributed by atoms with van der Waals surface area (Å²) < 4.78 is 0. The van der Waals surface area contributed by atoms with Crippen LogP contribution in [0.15, 0.2) is 54.7 Å². The molecular formula is C32H41N2P. The minimum Gasteiger partial charge on any atom is -0.379 e. The summed E-state index contributed by atoms with van der Waals surface area (Å²) in [4.78, 5) is 4.64. The Balaban J connectivity index is 1.64. The molecule has 1 aromatic heterocycles. The molecule has 3 aromatic rings. The monoisotopic (exact) mass is 484 g/mol. The van der Waals surface area contributed by atoms with E-state index in [9.17, 15) is 0 Å². The molecule has 0 radical (unpaired) electrons. The van der Waals surface area contributed by atoms with Crippen LogP contribution in [-0.4, -0.2) is 15.3 Å². The van der Waals surface area contributed by atoms with Crippen molar-refractivity contribution in [1.29, 1.82) is 0 Å². The molecule has 3 heteroatoms.